The molecule has 0 saturated carbocycles. The molecule has 1 heterocycles. The van der Waals surface area contributed by atoms with Crippen LogP contribution in [0.4, 0.5) is 0 Å². The van der Waals surface area contributed by atoms with Crippen molar-refractivity contribution in [1.82, 2.24) is 4.90 Å². The summed E-state index contributed by atoms with van der Waals surface area (Å²) in [5.74, 6) is 1.16. The molecule has 2 aromatic carbocycles. The highest BCUT2D eigenvalue weighted by Crippen LogP contribution is 2.35. The number of carbonyl (C=O) groups is 2. The van der Waals surface area contributed by atoms with Gasteiger partial charge in [0.2, 0.25) is 0 Å². The van der Waals surface area contributed by atoms with Crippen LogP contribution in [0.1, 0.15) is 34.6 Å². The third-order valence-electron chi connectivity index (χ3n) is 5.15. The van der Waals surface area contributed by atoms with Crippen LogP contribution in [0.2, 0.25) is 0 Å². The minimum atomic E-state index is -0.432. The van der Waals surface area contributed by atoms with Gasteiger partial charge in [-0.15, -0.1) is 0 Å². The van der Waals surface area contributed by atoms with Gasteiger partial charge in [0.15, 0.2) is 5.06 Å². The number of esters is 2. The highest BCUT2D eigenvalue weighted by Gasteiger charge is 2.23. The Kier molecular flexibility index (Phi) is 10.1. The minimum Gasteiger partial charge on any atom is -0.497 e. The molecule has 0 saturated heterocycles. The Hall–Kier alpha value is -3.56. The zero-order chi connectivity index (χ0) is 25.9. The van der Waals surface area contributed by atoms with Crippen molar-refractivity contribution >= 4 is 23.3 Å². The first kappa shape index (κ1) is 27.0. The molecule has 192 valence electrons. The smallest absolute Gasteiger partial charge is 0.348 e. The fourth-order valence-electron chi connectivity index (χ4n) is 3.57. The minimum absolute atomic E-state index is 0.0238. The highest BCUT2D eigenvalue weighted by molar-refractivity contribution is 7.16. The predicted octanol–water partition coefficient (Wildman–Crippen LogP) is 5.30. The molecule has 0 bridgehead atoms. The Morgan fingerprint density at radius 2 is 1.56 bits per heavy atom. The van der Waals surface area contributed by atoms with E-state index in [4.69, 9.17) is 23.7 Å². The molecule has 1 aromatic heterocycles. The Bertz CT molecular complexity index is 1150. The lowest BCUT2D eigenvalue weighted by Crippen LogP contribution is -2.31. The molecule has 0 amide bonds. The van der Waals surface area contributed by atoms with Crippen molar-refractivity contribution in [2.75, 3.05) is 34.0 Å². The van der Waals surface area contributed by atoms with Crippen LogP contribution in [0, 0.1) is 0 Å². The summed E-state index contributed by atoms with van der Waals surface area (Å²) in [5, 5.41) is 0.553. The van der Waals surface area contributed by atoms with Gasteiger partial charge in [-0.3, -0.25) is 9.69 Å². The van der Waals surface area contributed by atoms with E-state index in [1.54, 1.807) is 34.1 Å². The van der Waals surface area contributed by atoms with Crippen LogP contribution < -0.4 is 14.2 Å². The summed E-state index contributed by atoms with van der Waals surface area (Å²) in [7, 11) is 3.17. The Balaban J connectivity index is 1.92. The van der Waals surface area contributed by atoms with Crippen LogP contribution in [-0.4, -0.2) is 50.8 Å². The van der Waals surface area contributed by atoms with E-state index in [1.807, 2.05) is 53.4 Å². The summed E-state index contributed by atoms with van der Waals surface area (Å²) in [6.45, 7) is 4.74. The molecule has 0 N–H and O–H groups in total. The number of thiophene rings is 1. The number of hydrogen-bond acceptors (Lipinski definition) is 9. The molecule has 0 aliphatic rings. The van der Waals surface area contributed by atoms with Gasteiger partial charge in [-0.25, -0.2) is 4.79 Å². The summed E-state index contributed by atoms with van der Waals surface area (Å²) in [5.41, 5.74) is 1.55. The molecule has 0 unspecified atom stereocenters. The number of ether oxygens (including phenoxy) is 5. The van der Waals surface area contributed by atoms with E-state index < -0.39 is 5.97 Å². The van der Waals surface area contributed by atoms with E-state index in [-0.39, 0.29) is 32.3 Å². The fourth-order valence-corrected chi connectivity index (χ4v) is 4.50. The highest BCUT2D eigenvalue weighted by atomic mass is 32.1. The number of hydrogen-bond donors (Lipinski definition) is 0. The van der Waals surface area contributed by atoms with Crippen LogP contribution in [0.3, 0.4) is 0 Å². The Labute approximate surface area is 215 Å². The van der Waals surface area contributed by atoms with Crippen molar-refractivity contribution in [2.45, 2.75) is 26.9 Å². The largest absolute Gasteiger partial charge is 0.497 e. The lowest BCUT2D eigenvalue weighted by molar-refractivity contribution is -0.144. The molecule has 36 heavy (non-hydrogen) atoms. The van der Waals surface area contributed by atoms with Gasteiger partial charge in [-0.05, 0) is 43.7 Å². The number of nitrogens with zero attached hydrogens (tertiary/aromatic N) is 1. The van der Waals surface area contributed by atoms with Crippen molar-refractivity contribution in [1.29, 1.82) is 0 Å². The molecule has 9 heteroatoms. The maximum Gasteiger partial charge on any atom is 0.348 e. The van der Waals surface area contributed by atoms with Crippen LogP contribution in [0.15, 0.2) is 54.6 Å². The van der Waals surface area contributed by atoms with Crippen molar-refractivity contribution < 1.29 is 33.3 Å². The second kappa shape index (κ2) is 13.5. The van der Waals surface area contributed by atoms with Crippen LogP contribution in [-0.2, 0) is 27.4 Å². The number of para-hydroxylation sites is 1. The quantitative estimate of drug-likeness (QED) is 0.285. The lowest BCUT2D eigenvalue weighted by Gasteiger charge is -2.23. The molecular weight excluding hydrogens is 482 g/mol. The van der Waals surface area contributed by atoms with Crippen molar-refractivity contribution in [3.05, 3.63) is 70.6 Å². The molecule has 3 aromatic rings. The van der Waals surface area contributed by atoms with E-state index in [0.717, 1.165) is 5.56 Å². The summed E-state index contributed by atoms with van der Waals surface area (Å²) >= 11 is 1.21. The normalized spacial score (nSPS) is 10.7. The van der Waals surface area contributed by atoms with E-state index in [0.29, 0.717) is 39.3 Å². The number of carbonyl (C=O) groups excluding carboxylic acids is 2. The first-order valence-corrected chi connectivity index (χ1v) is 12.4. The number of methoxy groups -OCH3 is 2. The topological polar surface area (TPSA) is 83.5 Å². The van der Waals surface area contributed by atoms with E-state index in [2.05, 4.69) is 0 Å². The second-order valence-electron chi connectivity index (χ2n) is 7.68. The average molecular weight is 514 g/mol. The van der Waals surface area contributed by atoms with Crippen LogP contribution in [0.5, 0.6) is 22.3 Å². The third-order valence-corrected chi connectivity index (χ3v) is 6.18. The first-order valence-electron chi connectivity index (χ1n) is 11.6. The summed E-state index contributed by atoms with van der Waals surface area (Å²) in [6.07, 6.45) is 0. The molecule has 0 aliphatic carbocycles. The fraction of sp³-hybridized carbons (Fsp3) is 0.333. The molecule has 0 atom stereocenters. The van der Waals surface area contributed by atoms with Gasteiger partial charge in [-0.1, -0.05) is 35.6 Å². The van der Waals surface area contributed by atoms with Gasteiger partial charge in [0.1, 0.15) is 22.1 Å². The Morgan fingerprint density at radius 3 is 2.22 bits per heavy atom. The molecule has 0 aliphatic heterocycles. The summed E-state index contributed by atoms with van der Waals surface area (Å²) in [4.78, 5) is 27.5. The maximum atomic E-state index is 12.8. The van der Waals surface area contributed by atoms with Crippen LogP contribution in [0.25, 0.3) is 0 Å². The van der Waals surface area contributed by atoms with Gasteiger partial charge < -0.3 is 23.7 Å². The van der Waals surface area contributed by atoms with Gasteiger partial charge in [0.25, 0.3) is 0 Å². The second-order valence-corrected chi connectivity index (χ2v) is 8.70. The summed E-state index contributed by atoms with van der Waals surface area (Å²) in [6, 6.07) is 16.7. The van der Waals surface area contributed by atoms with Gasteiger partial charge >= 0.3 is 11.9 Å². The van der Waals surface area contributed by atoms with Crippen molar-refractivity contribution in [2.24, 2.45) is 0 Å². The third kappa shape index (κ3) is 7.47. The van der Waals surface area contributed by atoms with Gasteiger partial charge in [0, 0.05) is 24.7 Å². The maximum absolute atomic E-state index is 12.8. The first-order chi connectivity index (χ1) is 17.5. The van der Waals surface area contributed by atoms with E-state index >= 15 is 0 Å². The van der Waals surface area contributed by atoms with E-state index in [1.165, 1.54) is 11.3 Å². The SMILES string of the molecule is CCOC(=O)CN(Cc1ccc(OC)cc1OC)Cc1cc(Oc2ccccc2)sc1C(=O)OCC. The zero-order valence-electron chi connectivity index (χ0n) is 20.9. The van der Waals surface area contributed by atoms with E-state index in [9.17, 15) is 9.59 Å². The van der Waals surface area contributed by atoms with Gasteiger partial charge in [-0.2, -0.15) is 0 Å². The average Bonchev–Trinajstić information content (AvgIpc) is 3.27. The monoisotopic (exact) mass is 513 g/mol. The molecule has 0 radical (unpaired) electrons. The number of rotatable bonds is 13. The Morgan fingerprint density at radius 1 is 0.833 bits per heavy atom. The molecule has 3 rings (SSSR count). The van der Waals surface area contributed by atoms with Crippen molar-refractivity contribution in [3.8, 4) is 22.3 Å². The zero-order valence-corrected chi connectivity index (χ0v) is 21.8. The molecule has 0 spiro atoms. The van der Waals surface area contributed by atoms with Crippen molar-refractivity contribution in [3.63, 3.8) is 0 Å². The molecular formula is C27H31NO7S. The number of benzene rings is 2. The lowest BCUT2D eigenvalue weighted by atomic mass is 10.1. The van der Waals surface area contributed by atoms with Gasteiger partial charge in [0.05, 0.1) is 34.0 Å². The predicted molar refractivity (Wildman–Crippen MR) is 137 cm³/mol. The standard InChI is InChI=1S/C27H31NO7S/c1-5-33-24(29)18-28(16-19-12-13-22(31-3)15-23(19)32-4)17-20-14-25(35-21-10-8-7-9-11-21)36-26(20)27(30)34-6-2/h7-15H,5-6,16-18H2,1-4H3. The summed E-state index contributed by atoms with van der Waals surface area (Å²) < 4.78 is 27.3. The molecule has 0 fully saturated rings. The van der Waals surface area contributed by atoms with Crippen LogP contribution >= 0.6 is 11.3 Å². The molecule has 8 nitrogen and oxygen atoms in total.